The first-order chi connectivity index (χ1) is 7.90. The maximum absolute atomic E-state index is 3.51. The van der Waals surface area contributed by atoms with Gasteiger partial charge in [-0.25, -0.2) is 0 Å². The van der Waals surface area contributed by atoms with Crippen LogP contribution in [-0.4, -0.2) is 0 Å². The third kappa shape index (κ3) is 2.86. The molecule has 1 aromatic carbocycles. The minimum absolute atomic E-state index is 0.921. The smallest absolute Gasteiger partial charge is 0.0409 e. The summed E-state index contributed by atoms with van der Waals surface area (Å²) in [6, 6.07) is 10.7. The van der Waals surface area contributed by atoms with Crippen molar-refractivity contribution in [3.05, 3.63) is 52.2 Å². The van der Waals surface area contributed by atoms with E-state index in [1.54, 1.807) is 11.3 Å². The van der Waals surface area contributed by atoms with Crippen molar-refractivity contribution in [3.8, 4) is 0 Å². The number of hydrogen-bond donors (Lipinski definition) is 1. The second-order valence-electron chi connectivity index (χ2n) is 3.89. The molecule has 2 aromatic rings. The van der Waals surface area contributed by atoms with Crippen LogP contribution < -0.4 is 5.32 Å². The third-order valence-corrected chi connectivity index (χ3v) is 3.33. The highest BCUT2D eigenvalue weighted by atomic mass is 32.1. The Morgan fingerprint density at radius 2 is 2.06 bits per heavy atom. The Bertz CT molecular complexity index is 420. The van der Waals surface area contributed by atoms with Crippen LogP contribution in [0.4, 0.5) is 5.69 Å². The van der Waals surface area contributed by atoms with Gasteiger partial charge in [0.05, 0.1) is 0 Å². The largest absolute Gasteiger partial charge is 0.381 e. The first kappa shape index (κ1) is 11.2. The summed E-state index contributed by atoms with van der Waals surface area (Å²) >= 11 is 1.75. The summed E-state index contributed by atoms with van der Waals surface area (Å²) in [5, 5.41) is 7.82. The number of aryl methyl sites for hydroxylation is 1. The third-order valence-electron chi connectivity index (χ3n) is 2.60. The number of hydrogen-bond acceptors (Lipinski definition) is 2. The first-order valence-corrected chi connectivity index (χ1v) is 6.67. The molecular formula is C14H17NS. The second kappa shape index (κ2) is 5.71. The zero-order chi connectivity index (χ0) is 11.2. The maximum atomic E-state index is 3.51. The van der Waals surface area contributed by atoms with Gasteiger partial charge in [-0.2, -0.15) is 11.3 Å². The van der Waals surface area contributed by atoms with Crippen molar-refractivity contribution in [1.82, 2.24) is 0 Å². The zero-order valence-electron chi connectivity index (χ0n) is 9.57. The molecule has 0 aliphatic heterocycles. The molecule has 0 aliphatic rings. The highest BCUT2D eigenvalue weighted by Gasteiger charge is 2.00. The predicted octanol–water partition coefficient (Wildman–Crippen LogP) is 4.31. The zero-order valence-corrected chi connectivity index (χ0v) is 10.4. The summed E-state index contributed by atoms with van der Waals surface area (Å²) < 4.78 is 0. The Balaban J connectivity index is 2.03. The number of thiophene rings is 1. The van der Waals surface area contributed by atoms with Gasteiger partial charge in [0.25, 0.3) is 0 Å². The van der Waals surface area contributed by atoms with Crippen molar-refractivity contribution >= 4 is 17.0 Å². The van der Waals surface area contributed by atoms with Crippen molar-refractivity contribution in [1.29, 1.82) is 0 Å². The quantitative estimate of drug-likeness (QED) is 0.808. The van der Waals surface area contributed by atoms with Gasteiger partial charge in [0.15, 0.2) is 0 Å². The SMILES string of the molecule is CCCc1ccccc1NCc1ccsc1. The van der Waals surface area contributed by atoms with Crippen molar-refractivity contribution < 1.29 is 0 Å². The van der Waals surface area contributed by atoms with E-state index in [0.29, 0.717) is 0 Å². The fourth-order valence-corrected chi connectivity index (χ4v) is 2.44. The molecule has 0 saturated carbocycles. The van der Waals surface area contributed by atoms with Gasteiger partial charge in [-0.3, -0.25) is 0 Å². The molecule has 0 radical (unpaired) electrons. The minimum atomic E-state index is 0.921. The average molecular weight is 231 g/mol. The van der Waals surface area contributed by atoms with E-state index in [9.17, 15) is 0 Å². The molecule has 2 heteroatoms. The Hall–Kier alpha value is -1.28. The second-order valence-corrected chi connectivity index (χ2v) is 4.67. The van der Waals surface area contributed by atoms with Crippen LogP contribution in [0.15, 0.2) is 41.1 Å². The molecule has 16 heavy (non-hydrogen) atoms. The van der Waals surface area contributed by atoms with Crippen LogP contribution in [0, 0.1) is 0 Å². The van der Waals surface area contributed by atoms with Crippen molar-refractivity contribution in [2.45, 2.75) is 26.3 Å². The summed E-state index contributed by atoms with van der Waals surface area (Å²) in [4.78, 5) is 0. The van der Waals surface area contributed by atoms with E-state index in [4.69, 9.17) is 0 Å². The number of para-hydroxylation sites is 1. The lowest BCUT2D eigenvalue weighted by atomic mass is 10.1. The summed E-state index contributed by atoms with van der Waals surface area (Å²) in [6.07, 6.45) is 2.34. The Labute approximate surface area is 101 Å². The number of nitrogens with one attached hydrogen (secondary N) is 1. The predicted molar refractivity (Wildman–Crippen MR) is 72.1 cm³/mol. The van der Waals surface area contributed by atoms with Crippen molar-refractivity contribution in [2.75, 3.05) is 5.32 Å². The standard InChI is InChI=1S/C14H17NS/c1-2-5-13-6-3-4-7-14(13)15-10-12-8-9-16-11-12/h3-4,6-9,11,15H,2,5,10H2,1H3. The van der Waals surface area contributed by atoms with Gasteiger partial charge in [0, 0.05) is 12.2 Å². The van der Waals surface area contributed by atoms with Crippen LogP contribution in [0.25, 0.3) is 0 Å². The molecule has 2 rings (SSSR count). The van der Waals surface area contributed by atoms with Crippen LogP contribution in [0.2, 0.25) is 0 Å². The molecule has 0 bridgehead atoms. The Kier molecular flexibility index (Phi) is 4.00. The van der Waals surface area contributed by atoms with E-state index in [2.05, 4.69) is 53.3 Å². The van der Waals surface area contributed by atoms with Crippen molar-refractivity contribution in [3.63, 3.8) is 0 Å². The lowest BCUT2D eigenvalue weighted by molar-refractivity contribution is 0.919. The Morgan fingerprint density at radius 3 is 2.81 bits per heavy atom. The van der Waals surface area contributed by atoms with Crippen LogP contribution in [0.3, 0.4) is 0 Å². The summed E-state index contributed by atoms with van der Waals surface area (Å²) in [5.41, 5.74) is 4.05. The monoisotopic (exact) mass is 231 g/mol. The number of rotatable bonds is 5. The summed E-state index contributed by atoms with van der Waals surface area (Å²) in [5.74, 6) is 0. The Morgan fingerprint density at radius 1 is 1.19 bits per heavy atom. The highest BCUT2D eigenvalue weighted by molar-refractivity contribution is 7.07. The molecule has 0 atom stereocenters. The van der Waals surface area contributed by atoms with E-state index in [1.165, 1.54) is 23.2 Å². The minimum Gasteiger partial charge on any atom is -0.381 e. The molecule has 0 amide bonds. The van der Waals surface area contributed by atoms with Gasteiger partial charge >= 0.3 is 0 Å². The van der Waals surface area contributed by atoms with Crippen LogP contribution >= 0.6 is 11.3 Å². The molecule has 0 saturated heterocycles. The van der Waals surface area contributed by atoms with Crippen LogP contribution in [0.1, 0.15) is 24.5 Å². The molecule has 84 valence electrons. The molecular weight excluding hydrogens is 214 g/mol. The van der Waals surface area contributed by atoms with E-state index < -0.39 is 0 Å². The lowest BCUT2D eigenvalue weighted by Crippen LogP contribution is -2.01. The van der Waals surface area contributed by atoms with Gasteiger partial charge in [0.1, 0.15) is 0 Å². The van der Waals surface area contributed by atoms with Gasteiger partial charge in [0.2, 0.25) is 0 Å². The molecule has 1 nitrogen and oxygen atoms in total. The van der Waals surface area contributed by atoms with E-state index in [1.807, 2.05) is 0 Å². The van der Waals surface area contributed by atoms with E-state index >= 15 is 0 Å². The molecule has 0 unspecified atom stereocenters. The molecule has 0 fully saturated rings. The molecule has 1 heterocycles. The van der Waals surface area contributed by atoms with Gasteiger partial charge < -0.3 is 5.32 Å². The molecule has 0 spiro atoms. The van der Waals surface area contributed by atoms with Crippen LogP contribution in [0.5, 0.6) is 0 Å². The van der Waals surface area contributed by atoms with Gasteiger partial charge in [-0.05, 0) is 40.4 Å². The molecule has 1 N–H and O–H groups in total. The fraction of sp³-hybridized carbons (Fsp3) is 0.286. The molecule has 0 aliphatic carbocycles. The summed E-state index contributed by atoms with van der Waals surface area (Å²) in [6.45, 7) is 3.14. The molecule has 1 aromatic heterocycles. The van der Waals surface area contributed by atoms with Gasteiger partial charge in [-0.15, -0.1) is 0 Å². The first-order valence-electron chi connectivity index (χ1n) is 5.73. The van der Waals surface area contributed by atoms with Crippen LogP contribution in [-0.2, 0) is 13.0 Å². The lowest BCUT2D eigenvalue weighted by Gasteiger charge is -2.10. The number of benzene rings is 1. The number of anilines is 1. The maximum Gasteiger partial charge on any atom is 0.0409 e. The highest BCUT2D eigenvalue weighted by Crippen LogP contribution is 2.18. The van der Waals surface area contributed by atoms with E-state index in [0.717, 1.165) is 13.0 Å². The average Bonchev–Trinajstić information content (AvgIpc) is 2.81. The fourth-order valence-electron chi connectivity index (χ4n) is 1.77. The van der Waals surface area contributed by atoms with E-state index in [-0.39, 0.29) is 0 Å². The van der Waals surface area contributed by atoms with Gasteiger partial charge in [-0.1, -0.05) is 31.5 Å². The summed E-state index contributed by atoms with van der Waals surface area (Å²) in [7, 11) is 0. The topological polar surface area (TPSA) is 12.0 Å². The normalized spacial score (nSPS) is 10.3. The van der Waals surface area contributed by atoms with Crippen molar-refractivity contribution in [2.24, 2.45) is 0 Å².